The maximum absolute atomic E-state index is 12.2. The maximum atomic E-state index is 12.2. The van der Waals surface area contributed by atoms with Crippen molar-refractivity contribution >= 4 is 32.8 Å². The number of hydrogen-bond donors (Lipinski definition) is 2. The second-order valence-corrected chi connectivity index (χ2v) is 5.76. The average molecular weight is 339 g/mol. The van der Waals surface area contributed by atoms with Gasteiger partial charge < -0.3 is 15.5 Å². The minimum atomic E-state index is -0.205. The number of halogens is 1. The normalized spacial score (nSPS) is 12.6. The Balaban J connectivity index is 2.10. The zero-order chi connectivity index (χ0) is 14.5. The summed E-state index contributed by atoms with van der Waals surface area (Å²) in [6, 6.07) is 7.41. The molecular formula is C15H19BrN2O2. The number of nitrogens with two attached hydrogens (primary N) is 1. The van der Waals surface area contributed by atoms with E-state index in [0.29, 0.717) is 17.9 Å². The second kappa shape index (κ2) is 6.90. The third-order valence-corrected chi connectivity index (χ3v) is 3.72. The molecule has 4 nitrogen and oxygen atoms in total. The first-order valence-electron chi connectivity index (χ1n) is 6.84. The van der Waals surface area contributed by atoms with E-state index >= 15 is 0 Å². The van der Waals surface area contributed by atoms with E-state index < -0.39 is 0 Å². The fourth-order valence-electron chi connectivity index (χ4n) is 2.08. The van der Waals surface area contributed by atoms with Crippen LogP contribution < -0.4 is 11.1 Å². The van der Waals surface area contributed by atoms with Crippen molar-refractivity contribution in [1.82, 2.24) is 5.32 Å². The Bertz CT molecular complexity index is 595. The van der Waals surface area contributed by atoms with Crippen molar-refractivity contribution in [2.45, 2.75) is 32.2 Å². The van der Waals surface area contributed by atoms with Crippen LogP contribution in [-0.4, -0.2) is 18.5 Å². The van der Waals surface area contributed by atoms with Crippen LogP contribution in [0.4, 0.5) is 0 Å². The average Bonchev–Trinajstić information content (AvgIpc) is 2.86. The molecule has 0 spiro atoms. The Hall–Kier alpha value is -1.33. The SMILES string of the molecule is CCCCC(CN)NC(=O)c1cc2cc(Br)ccc2o1. The molecule has 0 bridgehead atoms. The standard InChI is InChI=1S/C15H19BrN2O2/c1-2-3-4-12(9-17)18-15(19)14-8-10-7-11(16)5-6-13(10)20-14/h5-8,12H,2-4,9,17H2,1H3,(H,18,19). The van der Waals surface area contributed by atoms with Crippen LogP contribution in [0.3, 0.4) is 0 Å². The van der Waals surface area contributed by atoms with Gasteiger partial charge in [-0.2, -0.15) is 0 Å². The highest BCUT2D eigenvalue weighted by molar-refractivity contribution is 9.10. The van der Waals surface area contributed by atoms with Gasteiger partial charge in [-0.25, -0.2) is 0 Å². The van der Waals surface area contributed by atoms with Crippen molar-refractivity contribution in [2.75, 3.05) is 6.54 Å². The predicted molar refractivity (Wildman–Crippen MR) is 83.7 cm³/mol. The zero-order valence-electron chi connectivity index (χ0n) is 11.5. The van der Waals surface area contributed by atoms with Crippen LogP contribution >= 0.6 is 15.9 Å². The first kappa shape index (κ1) is 15.1. The Morgan fingerprint density at radius 2 is 2.25 bits per heavy atom. The largest absolute Gasteiger partial charge is 0.451 e. The second-order valence-electron chi connectivity index (χ2n) is 4.84. The van der Waals surface area contributed by atoms with Crippen LogP contribution in [0.15, 0.2) is 33.2 Å². The third-order valence-electron chi connectivity index (χ3n) is 3.23. The third kappa shape index (κ3) is 3.61. The monoisotopic (exact) mass is 338 g/mol. The van der Waals surface area contributed by atoms with E-state index in [-0.39, 0.29) is 11.9 Å². The van der Waals surface area contributed by atoms with Gasteiger partial charge in [-0.1, -0.05) is 35.7 Å². The summed E-state index contributed by atoms with van der Waals surface area (Å²) in [5.41, 5.74) is 6.39. The molecule has 2 aromatic rings. The number of unbranched alkanes of at least 4 members (excludes halogenated alkanes) is 1. The van der Waals surface area contributed by atoms with Crippen molar-refractivity contribution in [2.24, 2.45) is 5.73 Å². The molecule has 0 aliphatic carbocycles. The first-order valence-corrected chi connectivity index (χ1v) is 7.63. The van der Waals surface area contributed by atoms with Gasteiger partial charge >= 0.3 is 0 Å². The highest BCUT2D eigenvalue weighted by Gasteiger charge is 2.16. The molecule has 0 radical (unpaired) electrons. The molecule has 20 heavy (non-hydrogen) atoms. The lowest BCUT2D eigenvalue weighted by molar-refractivity contribution is 0.0910. The van der Waals surface area contributed by atoms with E-state index in [1.54, 1.807) is 6.07 Å². The van der Waals surface area contributed by atoms with E-state index in [9.17, 15) is 4.79 Å². The van der Waals surface area contributed by atoms with Gasteiger partial charge in [-0.15, -0.1) is 0 Å². The molecule has 1 unspecified atom stereocenters. The number of carbonyl (C=O) groups is 1. The van der Waals surface area contributed by atoms with Crippen LogP contribution in [0.25, 0.3) is 11.0 Å². The molecule has 0 fully saturated rings. The number of hydrogen-bond acceptors (Lipinski definition) is 3. The lowest BCUT2D eigenvalue weighted by atomic mass is 10.1. The van der Waals surface area contributed by atoms with Crippen molar-refractivity contribution in [3.05, 3.63) is 34.5 Å². The van der Waals surface area contributed by atoms with E-state index in [1.807, 2.05) is 18.2 Å². The summed E-state index contributed by atoms with van der Waals surface area (Å²) in [6.07, 6.45) is 3.03. The lowest BCUT2D eigenvalue weighted by Crippen LogP contribution is -2.40. The Morgan fingerprint density at radius 3 is 2.95 bits per heavy atom. The van der Waals surface area contributed by atoms with E-state index in [2.05, 4.69) is 28.2 Å². The zero-order valence-corrected chi connectivity index (χ0v) is 13.1. The molecule has 2 rings (SSSR count). The molecule has 1 aromatic heterocycles. The first-order chi connectivity index (χ1) is 9.63. The molecule has 1 heterocycles. The van der Waals surface area contributed by atoms with Gasteiger partial charge in [0.15, 0.2) is 5.76 Å². The van der Waals surface area contributed by atoms with Crippen LogP contribution in [0.1, 0.15) is 36.7 Å². The number of nitrogens with one attached hydrogen (secondary N) is 1. The minimum Gasteiger partial charge on any atom is -0.451 e. The topological polar surface area (TPSA) is 68.3 Å². The Labute approximate surface area is 126 Å². The van der Waals surface area contributed by atoms with E-state index in [4.69, 9.17) is 10.2 Å². The molecule has 0 aliphatic heterocycles. The number of rotatable bonds is 6. The summed E-state index contributed by atoms with van der Waals surface area (Å²) in [4.78, 5) is 12.2. The van der Waals surface area contributed by atoms with Crippen molar-refractivity contribution in [3.63, 3.8) is 0 Å². The summed E-state index contributed by atoms with van der Waals surface area (Å²) in [5, 5.41) is 3.83. The lowest BCUT2D eigenvalue weighted by Gasteiger charge is -2.15. The molecule has 1 aromatic carbocycles. The van der Waals surface area contributed by atoms with E-state index in [0.717, 1.165) is 29.1 Å². The summed E-state index contributed by atoms with van der Waals surface area (Å²) in [5.74, 6) is 0.122. The molecule has 108 valence electrons. The molecule has 1 amide bonds. The minimum absolute atomic E-state index is 0.00222. The van der Waals surface area contributed by atoms with Gasteiger partial charge in [0, 0.05) is 22.4 Å². The number of carbonyl (C=O) groups excluding carboxylic acids is 1. The summed E-state index contributed by atoms with van der Waals surface area (Å²) >= 11 is 3.40. The Morgan fingerprint density at radius 1 is 1.45 bits per heavy atom. The quantitative estimate of drug-likeness (QED) is 0.847. The van der Waals surface area contributed by atoms with Crippen molar-refractivity contribution in [1.29, 1.82) is 0 Å². The molecule has 5 heteroatoms. The smallest absolute Gasteiger partial charge is 0.287 e. The number of benzene rings is 1. The van der Waals surface area contributed by atoms with E-state index in [1.165, 1.54) is 0 Å². The molecule has 1 atom stereocenters. The van der Waals surface area contributed by atoms with Gasteiger partial charge in [-0.3, -0.25) is 4.79 Å². The summed E-state index contributed by atoms with van der Waals surface area (Å²) in [7, 11) is 0. The number of furan rings is 1. The van der Waals surface area contributed by atoms with Crippen molar-refractivity contribution in [3.8, 4) is 0 Å². The number of amides is 1. The van der Waals surface area contributed by atoms with Crippen LogP contribution in [-0.2, 0) is 0 Å². The number of fused-ring (bicyclic) bond motifs is 1. The fourth-order valence-corrected chi connectivity index (χ4v) is 2.46. The molecule has 0 aliphatic rings. The highest BCUT2D eigenvalue weighted by atomic mass is 79.9. The van der Waals surface area contributed by atoms with Gasteiger partial charge in [0.1, 0.15) is 5.58 Å². The maximum Gasteiger partial charge on any atom is 0.287 e. The molecular weight excluding hydrogens is 320 g/mol. The predicted octanol–water partition coefficient (Wildman–Crippen LogP) is 3.44. The molecule has 0 saturated carbocycles. The van der Waals surface area contributed by atoms with Gasteiger partial charge in [0.05, 0.1) is 0 Å². The highest BCUT2D eigenvalue weighted by Crippen LogP contribution is 2.23. The van der Waals surface area contributed by atoms with Crippen LogP contribution in [0, 0.1) is 0 Å². The van der Waals surface area contributed by atoms with Gasteiger partial charge in [-0.05, 0) is 30.7 Å². The van der Waals surface area contributed by atoms with Crippen LogP contribution in [0.5, 0.6) is 0 Å². The molecule has 0 saturated heterocycles. The van der Waals surface area contributed by atoms with Crippen molar-refractivity contribution < 1.29 is 9.21 Å². The molecule has 3 N–H and O–H groups in total. The summed E-state index contributed by atoms with van der Waals surface area (Å²) < 4.78 is 6.52. The van der Waals surface area contributed by atoms with Crippen LogP contribution in [0.2, 0.25) is 0 Å². The fraction of sp³-hybridized carbons (Fsp3) is 0.400. The van der Waals surface area contributed by atoms with Gasteiger partial charge in [0.2, 0.25) is 0 Å². The van der Waals surface area contributed by atoms with Gasteiger partial charge in [0.25, 0.3) is 5.91 Å². The Kier molecular flexibility index (Phi) is 5.20. The summed E-state index contributed by atoms with van der Waals surface area (Å²) in [6.45, 7) is 2.56.